The minimum absolute atomic E-state index is 0.00705. The van der Waals surface area contributed by atoms with Gasteiger partial charge in [-0.2, -0.15) is 0 Å². The number of imidazole rings is 2. The number of hydrogen-bond donors (Lipinski definition) is 3. The third-order valence-electron chi connectivity index (χ3n) is 13.8. The molecule has 0 radical (unpaired) electrons. The topological polar surface area (TPSA) is 154 Å². The van der Waals surface area contributed by atoms with Crippen LogP contribution in [0.4, 0.5) is 4.79 Å². The molecule has 2 aromatic carbocycles. The molecule has 12 heteroatoms. The van der Waals surface area contributed by atoms with E-state index in [0.29, 0.717) is 31.3 Å². The van der Waals surface area contributed by atoms with Crippen molar-refractivity contribution < 1.29 is 19.1 Å². The Hall–Kier alpha value is -4.97. The Morgan fingerprint density at radius 1 is 0.707 bits per heavy atom. The first-order chi connectivity index (χ1) is 28.2. The van der Waals surface area contributed by atoms with Crippen LogP contribution >= 0.6 is 0 Å². The second-order valence-electron chi connectivity index (χ2n) is 17.2. The van der Waals surface area contributed by atoms with Gasteiger partial charge in [-0.25, -0.2) is 14.8 Å². The third kappa shape index (κ3) is 8.04. The van der Waals surface area contributed by atoms with Gasteiger partial charge in [0.25, 0.3) is 0 Å². The summed E-state index contributed by atoms with van der Waals surface area (Å²) in [6.07, 6.45) is 13.9. The molecule has 0 unspecified atom stereocenters. The van der Waals surface area contributed by atoms with E-state index >= 15 is 0 Å². The maximum atomic E-state index is 13.9. The summed E-state index contributed by atoms with van der Waals surface area (Å²) >= 11 is 0. The van der Waals surface area contributed by atoms with Crippen molar-refractivity contribution in [2.75, 3.05) is 26.2 Å². The average molecular weight is 789 g/mol. The Morgan fingerprint density at radius 3 is 1.71 bits per heavy atom. The first kappa shape index (κ1) is 39.8. The lowest BCUT2D eigenvalue weighted by atomic mass is 9.75. The van der Waals surface area contributed by atoms with Crippen LogP contribution in [0.1, 0.15) is 122 Å². The van der Waals surface area contributed by atoms with Crippen LogP contribution in [0.2, 0.25) is 0 Å². The van der Waals surface area contributed by atoms with E-state index < -0.39 is 17.6 Å². The molecule has 2 aliphatic carbocycles. The lowest BCUT2D eigenvalue weighted by molar-refractivity contribution is -0.148. The summed E-state index contributed by atoms with van der Waals surface area (Å²) in [6, 6.07) is 17.4. The fourth-order valence-electron chi connectivity index (χ4n) is 10.5. The molecule has 58 heavy (non-hydrogen) atoms. The van der Waals surface area contributed by atoms with E-state index in [9.17, 15) is 14.4 Å². The number of primary amides is 1. The summed E-state index contributed by atoms with van der Waals surface area (Å²) < 4.78 is 5.55. The molecule has 3 amide bonds. The van der Waals surface area contributed by atoms with Crippen molar-refractivity contribution in [2.45, 2.75) is 122 Å². The van der Waals surface area contributed by atoms with Gasteiger partial charge in [-0.3, -0.25) is 9.59 Å². The molecular formula is C46H60N8O4. The molecule has 4 N–H and O–H groups in total. The highest BCUT2D eigenvalue weighted by molar-refractivity contribution is 5.82. The van der Waals surface area contributed by atoms with Crippen molar-refractivity contribution in [3.05, 3.63) is 72.6 Å². The maximum absolute atomic E-state index is 13.9. The van der Waals surface area contributed by atoms with Crippen molar-refractivity contribution in [3.8, 4) is 33.6 Å². The Morgan fingerprint density at radius 2 is 1.21 bits per heavy atom. The zero-order valence-electron chi connectivity index (χ0n) is 34.4. The van der Waals surface area contributed by atoms with Crippen LogP contribution in [0.3, 0.4) is 0 Å². The number of aromatic amines is 2. The minimum Gasteiger partial charge on any atom is -0.443 e. The summed E-state index contributed by atoms with van der Waals surface area (Å²) in [5.74, 6) is 1.69. The van der Waals surface area contributed by atoms with Crippen LogP contribution < -0.4 is 5.73 Å². The van der Waals surface area contributed by atoms with Crippen LogP contribution in [-0.4, -0.2) is 90.4 Å². The first-order valence-corrected chi connectivity index (χ1v) is 21.8. The van der Waals surface area contributed by atoms with Crippen molar-refractivity contribution in [1.29, 1.82) is 0 Å². The number of amides is 3. The smallest absolute Gasteiger partial charge is 0.405 e. The van der Waals surface area contributed by atoms with Crippen LogP contribution in [0.25, 0.3) is 33.6 Å². The lowest BCUT2D eigenvalue weighted by Crippen LogP contribution is -2.51. The highest BCUT2D eigenvalue weighted by atomic mass is 16.6. The van der Waals surface area contributed by atoms with E-state index in [0.717, 1.165) is 129 Å². The Balaban J connectivity index is 0.890. The predicted octanol–water partition coefficient (Wildman–Crippen LogP) is 8.41. The van der Waals surface area contributed by atoms with Crippen molar-refractivity contribution in [2.24, 2.45) is 17.6 Å². The number of carbonyl (C=O) groups is 3. The number of ether oxygens (including phenoxy) is 1. The molecule has 4 aliphatic rings. The molecule has 0 spiro atoms. The zero-order chi connectivity index (χ0) is 40.4. The molecule has 308 valence electrons. The second-order valence-corrected chi connectivity index (χ2v) is 17.2. The zero-order valence-corrected chi connectivity index (χ0v) is 34.4. The molecule has 2 aliphatic heterocycles. The van der Waals surface area contributed by atoms with Crippen molar-refractivity contribution in [1.82, 2.24) is 34.6 Å². The summed E-state index contributed by atoms with van der Waals surface area (Å²) in [5.41, 5.74) is 10.7. The van der Waals surface area contributed by atoms with Gasteiger partial charge >= 0.3 is 6.09 Å². The molecular weight excluding hydrogens is 729 g/mol. The minimum atomic E-state index is -0.891. The third-order valence-corrected chi connectivity index (χ3v) is 13.8. The average Bonchev–Trinajstić information content (AvgIpc) is 4.08. The number of nitrogens with zero attached hydrogens (tertiary/aromatic N) is 5. The summed E-state index contributed by atoms with van der Waals surface area (Å²) in [7, 11) is 0. The number of carbonyl (C=O) groups excluding carboxylic acids is 3. The number of aromatic nitrogens is 4. The Labute approximate surface area is 342 Å². The van der Waals surface area contributed by atoms with Gasteiger partial charge in [0.1, 0.15) is 17.2 Å². The molecule has 2 saturated heterocycles. The highest BCUT2D eigenvalue weighted by Crippen LogP contribution is 2.42. The molecule has 8 rings (SSSR count). The lowest BCUT2D eigenvalue weighted by Gasteiger charge is -2.41. The largest absolute Gasteiger partial charge is 0.443 e. The number of H-pyrrole nitrogens is 2. The summed E-state index contributed by atoms with van der Waals surface area (Å²) in [4.78, 5) is 62.6. The summed E-state index contributed by atoms with van der Waals surface area (Å²) in [5, 5.41) is 0. The monoisotopic (exact) mass is 788 g/mol. The van der Waals surface area contributed by atoms with E-state index in [1.807, 2.05) is 24.2 Å². The molecule has 2 saturated carbocycles. The van der Waals surface area contributed by atoms with Crippen molar-refractivity contribution in [3.63, 3.8) is 0 Å². The van der Waals surface area contributed by atoms with Gasteiger partial charge in [-0.05, 0) is 113 Å². The Bertz CT molecular complexity index is 2050. The van der Waals surface area contributed by atoms with Gasteiger partial charge < -0.3 is 35.1 Å². The van der Waals surface area contributed by atoms with Crippen LogP contribution in [0, 0.1) is 11.8 Å². The van der Waals surface area contributed by atoms with Gasteiger partial charge in [0.05, 0.1) is 41.8 Å². The van der Waals surface area contributed by atoms with Gasteiger partial charge in [-0.15, -0.1) is 0 Å². The number of nitrogens with one attached hydrogen (secondary N) is 2. The van der Waals surface area contributed by atoms with Crippen LogP contribution in [0.15, 0.2) is 60.9 Å². The van der Waals surface area contributed by atoms with Gasteiger partial charge in [0.15, 0.2) is 0 Å². The fraction of sp³-hybridized carbons (Fsp3) is 0.543. The Kier molecular flexibility index (Phi) is 11.7. The van der Waals surface area contributed by atoms with E-state index in [4.69, 9.17) is 20.4 Å². The molecule has 12 nitrogen and oxygen atoms in total. The predicted molar refractivity (Wildman–Crippen MR) is 224 cm³/mol. The van der Waals surface area contributed by atoms with Crippen molar-refractivity contribution >= 4 is 17.9 Å². The molecule has 2 aromatic heterocycles. The molecule has 4 fully saturated rings. The molecule has 0 bridgehead atoms. The fourth-order valence-corrected chi connectivity index (χ4v) is 10.5. The normalized spacial score (nSPS) is 26.3. The summed E-state index contributed by atoms with van der Waals surface area (Å²) in [6.45, 7) is 9.92. The second kappa shape index (κ2) is 17.1. The van der Waals surface area contributed by atoms with E-state index in [-0.39, 0.29) is 23.9 Å². The van der Waals surface area contributed by atoms with Gasteiger partial charge in [0.2, 0.25) is 11.8 Å². The quantitative estimate of drug-likeness (QED) is 0.138. The first-order valence-electron chi connectivity index (χ1n) is 21.8. The highest BCUT2D eigenvalue weighted by Gasteiger charge is 2.48. The number of hydrogen-bond acceptors (Lipinski definition) is 7. The number of likely N-dealkylation sites (tertiary alicyclic amines) is 2. The number of benzene rings is 2. The molecule has 4 atom stereocenters. The van der Waals surface area contributed by atoms with E-state index in [1.165, 1.54) is 0 Å². The standard InChI is InChI=1S/C46H60N8O4/c1-4-52(5-2)35-23-21-34(22-24-35)43(55)53-26-8-11-39(53)41-48-28-37(50-41)32-17-13-30(14-18-32)31-15-19-33(20-16-31)38-29-49-42(51-38)40-12-9-27-54(40)44(56)36-10-6-7-25-46(36,3)58-45(47)57/h13-20,28-29,34-36,39-40H,4-12,21-27H2,1-3H3,(H2,47,57)(H,48,50)(H,49,51)/t34?,35?,36-,39+,40+,46-/m1/s1. The van der Waals surface area contributed by atoms with Crippen LogP contribution in [-0.2, 0) is 14.3 Å². The van der Waals surface area contributed by atoms with E-state index in [2.05, 4.69) is 82.1 Å². The van der Waals surface area contributed by atoms with Gasteiger partial charge in [0, 0.05) is 25.0 Å². The number of nitrogens with two attached hydrogens (primary N) is 1. The maximum Gasteiger partial charge on any atom is 0.405 e. The van der Waals surface area contributed by atoms with E-state index in [1.54, 1.807) is 0 Å². The van der Waals surface area contributed by atoms with Crippen LogP contribution in [0.5, 0.6) is 0 Å². The molecule has 4 heterocycles. The molecule has 4 aromatic rings. The van der Waals surface area contributed by atoms with Gasteiger partial charge in [-0.1, -0.05) is 68.8 Å². The SMILES string of the molecule is CCN(CC)C1CCC(C(=O)N2CCC[C@H]2c2ncc(-c3ccc(-c4ccc(-c5cnc([C@@H]6CCCN6C(=O)[C@H]6CCCC[C@@]6(C)OC(N)=O)[nH]5)cc4)cc3)[nH]2)CC1. The number of rotatable bonds is 11.